The molecule has 0 nitrogen and oxygen atoms in total. The van der Waals surface area contributed by atoms with E-state index in [2.05, 4.69) is 58.4 Å². The minimum atomic E-state index is 0.795. The Morgan fingerprint density at radius 3 is 2.68 bits per heavy atom. The fourth-order valence-corrected chi connectivity index (χ4v) is 3.75. The number of benzene rings is 2. The molecule has 3 heteroatoms. The third-order valence-corrected chi connectivity index (χ3v) is 4.93. The summed E-state index contributed by atoms with van der Waals surface area (Å²) in [6.45, 7) is 0. The van der Waals surface area contributed by atoms with Crippen molar-refractivity contribution in [3.05, 3.63) is 64.7 Å². The van der Waals surface area contributed by atoms with Crippen molar-refractivity contribution in [3.63, 3.8) is 0 Å². The van der Waals surface area contributed by atoms with Crippen LogP contribution in [0.25, 0.3) is 5.57 Å². The van der Waals surface area contributed by atoms with Crippen molar-refractivity contribution >= 4 is 44.9 Å². The maximum absolute atomic E-state index is 6.16. The van der Waals surface area contributed by atoms with E-state index < -0.39 is 0 Å². The zero-order chi connectivity index (χ0) is 13.2. The standard InChI is InChI=1S/C16H12BrClS/c17-9-3-5-12-13-4-1-2-6-15(13)19-16-8-7-11(18)10-14(12)16/h1-2,4-8,10H,3,9H2. The first-order chi connectivity index (χ1) is 9.29. The van der Waals surface area contributed by atoms with E-state index >= 15 is 0 Å². The van der Waals surface area contributed by atoms with E-state index in [1.807, 2.05) is 17.8 Å². The Morgan fingerprint density at radius 2 is 1.84 bits per heavy atom. The minimum Gasteiger partial charge on any atom is -0.0925 e. The van der Waals surface area contributed by atoms with Crippen LogP contribution in [0.1, 0.15) is 17.5 Å². The van der Waals surface area contributed by atoms with Crippen LogP contribution in [0, 0.1) is 0 Å². The predicted octanol–water partition coefficient (Wildman–Crippen LogP) is 6.02. The Bertz CT molecular complexity index is 649. The van der Waals surface area contributed by atoms with Crippen LogP contribution in [0.15, 0.2) is 58.3 Å². The average molecular weight is 352 g/mol. The first-order valence-corrected chi connectivity index (χ1v) is 8.44. The summed E-state index contributed by atoms with van der Waals surface area (Å²) in [4.78, 5) is 2.60. The second kappa shape index (κ2) is 5.74. The molecule has 0 spiro atoms. The molecule has 96 valence electrons. The summed E-state index contributed by atoms with van der Waals surface area (Å²) in [7, 11) is 0. The van der Waals surface area contributed by atoms with Crippen LogP contribution < -0.4 is 0 Å². The third kappa shape index (κ3) is 2.62. The van der Waals surface area contributed by atoms with Crippen molar-refractivity contribution in [2.75, 3.05) is 5.33 Å². The monoisotopic (exact) mass is 350 g/mol. The van der Waals surface area contributed by atoms with Gasteiger partial charge in [0.25, 0.3) is 0 Å². The normalized spacial score (nSPS) is 15.2. The van der Waals surface area contributed by atoms with E-state index in [0.717, 1.165) is 16.8 Å². The minimum absolute atomic E-state index is 0.795. The van der Waals surface area contributed by atoms with Crippen LogP contribution in [0.2, 0.25) is 5.02 Å². The fraction of sp³-hybridized carbons (Fsp3) is 0.125. The SMILES string of the molecule is Clc1ccc2c(c1)C(=CCCBr)c1ccccc1S2. The zero-order valence-corrected chi connectivity index (χ0v) is 13.4. The highest BCUT2D eigenvalue weighted by molar-refractivity contribution is 9.09. The summed E-state index contributed by atoms with van der Waals surface area (Å²) in [5, 5.41) is 1.77. The van der Waals surface area contributed by atoms with Gasteiger partial charge in [-0.15, -0.1) is 0 Å². The number of fused-ring (bicyclic) bond motifs is 2. The molecule has 0 saturated heterocycles. The van der Waals surface area contributed by atoms with Crippen LogP contribution in [-0.4, -0.2) is 5.33 Å². The average Bonchev–Trinajstić information content (AvgIpc) is 2.44. The Morgan fingerprint density at radius 1 is 1.05 bits per heavy atom. The molecule has 1 heterocycles. The summed E-state index contributed by atoms with van der Waals surface area (Å²) in [5.41, 5.74) is 3.85. The van der Waals surface area contributed by atoms with Crippen LogP contribution in [0.3, 0.4) is 0 Å². The van der Waals surface area contributed by atoms with Crippen molar-refractivity contribution in [2.45, 2.75) is 16.2 Å². The number of rotatable bonds is 2. The Balaban J connectivity index is 2.19. The molecule has 19 heavy (non-hydrogen) atoms. The van der Waals surface area contributed by atoms with Crippen LogP contribution in [0.5, 0.6) is 0 Å². The Labute approximate surface area is 131 Å². The number of hydrogen-bond acceptors (Lipinski definition) is 1. The van der Waals surface area contributed by atoms with Crippen molar-refractivity contribution in [1.82, 2.24) is 0 Å². The van der Waals surface area contributed by atoms with Gasteiger partial charge >= 0.3 is 0 Å². The van der Waals surface area contributed by atoms with Gasteiger partial charge in [-0.25, -0.2) is 0 Å². The van der Waals surface area contributed by atoms with Crippen molar-refractivity contribution in [1.29, 1.82) is 0 Å². The van der Waals surface area contributed by atoms with Gasteiger partial charge in [0, 0.05) is 20.1 Å². The largest absolute Gasteiger partial charge is 0.0925 e. The van der Waals surface area contributed by atoms with E-state index in [1.54, 1.807) is 0 Å². The second-order valence-electron chi connectivity index (χ2n) is 4.33. The van der Waals surface area contributed by atoms with Gasteiger partial charge < -0.3 is 0 Å². The molecule has 0 bridgehead atoms. The summed E-state index contributed by atoms with van der Waals surface area (Å²) >= 11 is 11.5. The molecule has 0 aliphatic carbocycles. The lowest BCUT2D eigenvalue weighted by molar-refractivity contribution is 1.23. The van der Waals surface area contributed by atoms with Gasteiger partial charge in [0.2, 0.25) is 0 Å². The van der Waals surface area contributed by atoms with Gasteiger partial charge in [-0.2, -0.15) is 0 Å². The maximum atomic E-state index is 6.16. The van der Waals surface area contributed by atoms with Gasteiger partial charge in [-0.05, 0) is 47.4 Å². The van der Waals surface area contributed by atoms with Crippen LogP contribution in [0.4, 0.5) is 0 Å². The molecule has 2 aromatic carbocycles. The predicted molar refractivity (Wildman–Crippen MR) is 87.5 cm³/mol. The van der Waals surface area contributed by atoms with E-state index in [-0.39, 0.29) is 0 Å². The summed E-state index contributed by atoms with van der Waals surface area (Å²) in [6, 6.07) is 14.7. The number of halogens is 2. The zero-order valence-electron chi connectivity index (χ0n) is 10.2. The molecular formula is C16H12BrClS. The lowest BCUT2D eigenvalue weighted by Crippen LogP contribution is -1.99. The first kappa shape index (κ1) is 13.3. The molecule has 0 amide bonds. The molecule has 0 atom stereocenters. The molecule has 0 aromatic heterocycles. The maximum Gasteiger partial charge on any atom is 0.0412 e. The molecule has 0 saturated carbocycles. The Hall–Kier alpha value is -0.700. The lowest BCUT2D eigenvalue weighted by atomic mass is 9.96. The van der Waals surface area contributed by atoms with Crippen LogP contribution >= 0.6 is 39.3 Å². The third-order valence-electron chi connectivity index (χ3n) is 3.09. The van der Waals surface area contributed by atoms with Crippen molar-refractivity contribution < 1.29 is 0 Å². The van der Waals surface area contributed by atoms with Crippen LogP contribution in [-0.2, 0) is 0 Å². The fourth-order valence-electron chi connectivity index (χ4n) is 2.26. The topological polar surface area (TPSA) is 0 Å². The molecule has 3 rings (SSSR count). The van der Waals surface area contributed by atoms with Gasteiger partial charge in [0.1, 0.15) is 0 Å². The highest BCUT2D eigenvalue weighted by atomic mass is 79.9. The summed E-state index contributed by atoms with van der Waals surface area (Å²) in [5.74, 6) is 0. The number of hydrogen-bond donors (Lipinski definition) is 0. The molecule has 1 aliphatic heterocycles. The molecule has 0 unspecified atom stereocenters. The molecule has 0 N–H and O–H groups in total. The Kier molecular flexibility index (Phi) is 4.01. The molecule has 0 radical (unpaired) electrons. The molecular weight excluding hydrogens is 340 g/mol. The van der Waals surface area contributed by atoms with Gasteiger partial charge in [0.15, 0.2) is 0 Å². The van der Waals surface area contributed by atoms with Crippen molar-refractivity contribution in [3.8, 4) is 0 Å². The highest BCUT2D eigenvalue weighted by Crippen LogP contribution is 2.46. The smallest absolute Gasteiger partial charge is 0.0412 e. The molecule has 0 fully saturated rings. The molecule has 1 aliphatic rings. The van der Waals surface area contributed by atoms with E-state index in [1.165, 1.54) is 26.5 Å². The van der Waals surface area contributed by atoms with Gasteiger partial charge in [0.05, 0.1) is 0 Å². The van der Waals surface area contributed by atoms with Gasteiger partial charge in [-0.3, -0.25) is 0 Å². The van der Waals surface area contributed by atoms with E-state index in [9.17, 15) is 0 Å². The van der Waals surface area contributed by atoms with Crippen molar-refractivity contribution in [2.24, 2.45) is 0 Å². The first-order valence-electron chi connectivity index (χ1n) is 6.13. The van der Waals surface area contributed by atoms with E-state index in [0.29, 0.717) is 0 Å². The summed E-state index contributed by atoms with van der Waals surface area (Å²) in [6.07, 6.45) is 3.31. The van der Waals surface area contributed by atoms with E-state index in [4.69, 9.17) is 11.6 Å². The molecule has 2 aromatic rings. The quantitative estimate of drug-likeness (QED) is 0.509. The van der Waals surface area contributed by atoms with Gasteiger partial charge in [-0.1, -0.05) is 63.6 Å². The highest BCUT2D eigenvalue weighted by Gasteiger charge is 2.20. The lowest BCUT2D eigenvalue weighted by Gasteiger charge is -2.22. The second-order valence-corrected chi connectivity index (χ2v) is 6.65. The summed E-state index contributed by atoms with van der Waals surface area (Å²) < 4.78 is 0. The number of allylic oxidation sites excluding steroid dienone is 1. The number of alkyl halides is 1.